The van der Waals surface area contributed by atoms with E-state index in [2.05, 4.69) is 15.2 Å². The lowest BCUT2D eigenvalue weighted by atomic mass is 10.1. The fourth-order valence-corrected chi connectivity index (χ4v) is 3.42. The van der Waals surface area contributed by atoms with Crippen LogP contribution in [0.2, 0.25) is 0 Å². The summed E-state index contributed by atoms with van der Waals surface area (Å²) in [6, 6.07) is 21.5. The molecule has 132 valence electrons. The number of sulfonamides is 1. The molecule has 6 nitrogen and oxygen atoms in total. The summed E-state index contributed by atoms with van der Waals surface area (Å²) in [5, 5.41) is 5.99. The van der Waals surface area contributed by atoms with E-state index in [1.165, 1.54) is 18.3 Å². The van der Waals surface area contributed by atoms with Crippen LogP contribution < -0.4 is 10.1 Å². The van der Waals surface area contributed by atoms with Crippen LogP contribution in [0.3, 0.4) is 0 Å². The van der Waals surface area contributed by atoms with E-state index in [0.29, 0.717) is 0 Å². The highest BCUT2D eigenvalue weighted by atomic mass is 32.2. The van der Waals surface area contributed by atoms with Crippen LogP contribution in [0.25, 0.3) is 10.8 Å². The van der Waals surface area contributed by atoms with E-state index in [4.69, 9.17) is 0 Å². The SMILES string of the molecule is O=C(CNS(=O)(=O)c1ccccc1)N/N=C\c1cccc2ccccc12. The zero-order valence-corrected chi connectivity index (χ0v) is 14.6. The first-order valence-corrected chi connectivity index (χ1v) is 9.39. The number of carbonyl (C=O) groups is 1. The molecule has 1 amide bonds. The van der Waals surface area contributed by atoms with Crippen LogP contribution in [0.1, 0.15) is 5.56 Å². The highest BCUT2D eigenvalue weighted by Crippen LogP contribution is 2.16. The van der Waals surface area contributed by atoms with Gasteiger partial charge in [0.2, 0.25) is 10.0 Å². The minimum absolute atomic E-state index is 0.104. The number of hydrogen-bond acceptors (Lipinski definition) is 4. The molecule has 0 radical (unpaired) electrons. The predicted molar refractivity (Wildman–Crippen MR) is 101 cm³/mol. The highest BCUT2D eigenvalue weighted by molar-refractivity contribution is 7.89. The summed E-state index contributed by atoms with van der Waals surface area (Å²) >= 11 is 0. The van der Waals surface area contributed by atoms with Crippen molar-refractivity contribution in [3.05, 3.63) is 78.4 Å². The average Bonchev–Trinajstić information content (AvgIpc) is 2.67. The van der Waals surface area contributed by atoms with Crippen molar-refractivity contribution in [1.29, 1.82) is 0 Å². The maximum Gasteiger partial charge on any atom is 0.255 e. The molecule has 0 aliphatic carbocycles. The summed E-state index contributed by atoms with van der Waals surface area (Å²) in [4.78, 5) is 11.9. The summed E-state index contributed by atoms with van der Waals surface area (Å²) in [7, 11) is -3.72. The third kappa shape index (κ3) is 4.33. The normalized spacial score (nSPS) is 11.7. The van der Waals surface area contributed by atoms with Crippen LogP contribution in [0, 0.1) is 0 Å². The number of benzene rings is 3. The minimum atomic E-state index is -3.72. The van der Waals surface area contributed by atoms with Crippen molar-refractivity contribution in [2.75, 3.05) is 6.54 Å². The molecule has 0 aliphatic heterocycles. The van der Waals surface area contributed by atoms with Gasteiger partial charge in [0.1, 0.15) is 0 Å². The first-order chi connectivity index (χ1) is 12.6. The van der Waals surface area contributed by atoms with Gasteiger partial charge in [-0.05, 0) is 22.9 Å². The summed E-state index contributed by atoms with van der Waals surface area (Å²) in [6.07, 6.45) is 1.53. The van der Waals surface area contributed by atoms with Crippen LogP contribution in [0.5, 0.6) is 0 Å². The number of nitrogens with one attached hydrogen (secondary N) is 2. The van der Waals surface area contributed by atoms with Gasteiger partial charge >= 0.3 is 0 Å². The average molecular weight is 367 g/mol. The van der Waals surface area contributed by atoms with Crippen molar-refractivity contribution < 1.29 is 13.2 Å². The highest BCUT2D eigenvalue weighted by Gasteiger charge is 2.14. The first kappa shape index (κ1) is 17.8. The topological polar surface area (TPSA) is 87.6 Å². The fraction of sp³-hybridized carbons (Fsp3) is 0.0526. The number of carbonyl (C=O) groups excluding carboxylic acids is 1. The lowest BCUT2D eigenvalue weighted by molar-refractivity contribution is -0.119. The molecule has 0 spiro atoms. The summed E-state index contributed by atoms with van der Waals surface area (Å²) in [5.41, 5.74) is 3.18. The van der Waals surface area contributed by atoms with Crippen LogP contribution in [-0.2, 0) is 14.8 Å². The predicted octanol–water partition coefficient (Wildman–Crippen LogP) is 2.27. The standard InChI is InChI=1S/C19H17N3O3S/c23-19(14-21-26(24,25)17-10-2-1-3-11-17)22-20-13-16-9-6-8-15-7-4-5-12-18(15)16/h1-13,21H,14H2,(H,22,23)/b20-13-. The number of rotatable bonds is 6. The zero-order valence-electron chi connectivity index (χ0n) is 13.8. The number of hydrazone groups is 1. The second-order valence-corrected chi connectivity index (χ2v) is 7.27. The largest absolute Gasteiger partial charge is 0.272 e. The second-order valence-electron chi connectivity index (χ2n) is 5.50. The van der Waals surface area contributed by atoms with Gasteiger partial charge in [-0.25, -0.2) is 18.6 Å². The maximum atomic E-state index is 12.0. The number of fused-ring (bicyclic) bond motifs is 1. The summed E-state index contributed by atoms with van der Waals surface area (Å²) < 4.78 is 26.3. The number of hydrogen-bond donors (Lipinski definition) is 2. The molecule has 0 atom stereocenters. The van der Waals surface area contributed by atoms with Gasteiger partial charge in [0.05, 0.1) is 17.7 Å². The lowest BCUT2D eigenvalue weighted by Crippen LogP contribution is -2.34. The molecule has 0 fully saturated rings. The molecule has 0 heterocycles. The van der Waals surface area contributed by atoms with Crippen molar-refractivity contribution in [1.82, 2.24) is 10.1 Å². The number of nitrogens with zero attached hydrogens (tertiary/aromatic N) is 1. The molecule has 7 heteroatoms. The lowest BCUT2D eigenvalue weighted by Gasteiger charge is -2.05. The van der Waals surface area contributed by atoms with E-state index in [1.54, 1.807) is 18.2 Å². The van der Waals surface area contributed by atoms with Gasteiger partial charge in [-0.15, -0.1) is 0 Å². The Labute approximate surface area is 151 Å². The van der Waals surface area contributed by atoms with Crippen LogP contribution in [0.4, 0.5) is 0 Å². The van der Waals surface area contributed by atoms with E-state index in [0.717, 1.165) is 16.3 Å². The van der Waals surface area contributed by atoms with Crippen LogP contribution in [0.15, 0.2) is 82.8 Å². The van der Waals surface area contributed by atoms with Gasteiger partial charge in [-0.1, -0.05) is 60.7 Å². The van der Waals surface area contributed by atoms with Gasteiger partial charge in [0.25, 0.3) is 5.91 Å². The van der Waals surface area contributed by atoms with Crippen LogP contribution >= 0.6 is 0 Å². The molecule has 0 unspecified atom stereocenters. The molecule has 0 aromatic heterocycles. The molecule has 0 saturated carbocycles. The smallest absolute Gasteiger partial charge is 0.255 e. The van der Waals surface area contributed by atoms with Gasteiger partial charge in [0, 0.05) is 5.56 Å². The monoisotopic (exact) mass is 367 g/mol. The van der Waals surface area contributed by atoms with Crippen LogP contribution in [-0.4, -0.2) is 27.1 Å². The van der Waals surface area contributed by atoms with Gasteiger partial charge in [-0.3, -0.25) is 4.79 Å². The Balaban J connectivity index is 1.60. The minimum Gasteiger partial charge on any atom is -0.272 e. The molecule has 26 heavy (non-hydrogen) atoms. The van der Waals surface area contributed by atoms with Crippen molar-refractivity contribution in [2.45, 2.75) is 4.90 Å². The molecule has 2 N–H and O–H groups in total. The Morgan fingerprint density at radius 1 is 0.923 bits per heavy atom. The van der Waals surface area contributed by atoms with E-state index in [-0.39, 0.29) is 4.90 Å². The molecular weight excluding hydrogens is 350 g/mol. The third-order valence-corrected chi connectivity index (χ3v) is 5.11. The second kappa shape index (κ2) is 7.90. The molecule has 0 saturated heterocycles. The van der Waals surface area contributed by atoms with E-state index >= 15 is 0 Å². The Morgan fingerprint density at radius 3 is 2.42 bits per heavy atom. The Hall–Kier alpha value is -3.03. The zero-order chi connectivity index (χ0) is 18.4. The maximum absolute atomic E-state index is 12.0. The van der Waals surface area contributed by atoms with Gasteiger partial charge in [-0.2, -0.15) is 5.10 Å². The van der Waals surface area contributed by atoms with E-state index in [1.807, 2.05) is 42.5 Å². The quantitative estimate of drug-likeness (QED) is 0.517. The third-order valence-electron chi connectivity index (χ3n) is 3.69. The molecule has 3 aromatic carbocycles. The molecule has 0 aliphatic rings. The van der Waals surface area contributed by atoms with Crippen molar-refractivity contribution >= 4 is 32.9 Å². The van der Waals surface area contributed by atoms with E-state index < -0.39 is 22.5 Å². The first-order valence-electron chi connectivity index (χ1n) is 7.91. The van der Waals surface area contributed by atoms with Crippen molar-refractivity contribution in [3.8, 4) is 0 Å². The summed E-state index contributed by atoms with van der Waals surface area (Å²) in [6.45, 7) is -0.399. The van der Waals surface area contributed by atoms with Crippen molar-refractivity contribution in [2.24, 2.45) is 5.10 Å². The Kier molecular flexibility index (Phi) is 5.40. The van der Waals surface area contributed by atoms with E-state index in [9.17, 15) is 13.2 Å². The summed E-state index contributed by atoms with van der Waals surface area (Å²) in [5.74, 6) is -0.555. The van der Waals surface area contributed by atoms with Crippen molar-refractivity contribution in [3.63, 3.8) is 0 Å². The molecule has 3 aromatic rings. The number of amides is 1. The van der Waals surface area contributed by atoms with Gasteiger partial charge < -0.3 is 0 Å². The molecule has 3 rings (SSSR count). The Morgan fingerprint density at radius 2 is 1.62 bits per heavy atom. The fourth-order valence-electron chi connectivity index (χ4n) is 2.42. The molecule has 0 bridgehead atoms. The molecular formula is C19H17N3O3S. The Bertz CT molecular complexity index is 1040. The van der Waals surface area contributed by atoms with Gasteiger partial charge in [0.15, 0.2) is 0 Å².